The van der Waals surface area contributed by atoms with Crippen molar-refractivity contribution in [1.29, 1.82) is 0 Å². The smallest absolute Gasteiger partial charge is 0.317 e. The highest BCUT2D eigenvalue weighted by molar-refractivity contribution is 5.83. The van der Waals surface area contributed by atoms with Gasteiger partial charge in [0.15, 0.2) is 0 Å². The summed E-state index contributed by atoms with van der Waals surface area (Å²) in [6, 6.07) is 9.30. The van der Waals surface area contributed by atoms with Gasteiger partial charge in [-0.3, -0.25) is 0 Å². The molecule has 1 saturated heterocycles. The van der Waals surface area contributed by atoms with Crippen molar-refractivity contribution >= 4 is 16.9 Å². The Hall–Kier alpha value is -1.97. The molecule has 1 aromatic carbocycles. The molecule has 2 fully saturated rings. The minimum absolute atomic E-state index is 0.157. The lowest BCUT2D eigenvalue weighted by atomic mass is 9.96. The summed E-state index contributed by atoms with van der Waals surface area (Å²) >= 11 is 0. The van der Waals surface area contributed by atoms with Crippen LogP contribution in [0, 0.1) is 0 Å². The molecule has 1 aromatic heterocycles. The monoisotopic (exact) mass is 325 g/mol. The van der Waals surface area contributed by atoms with E-state index in [1.165, 1.54) is 35.7 Å². The Balaban J connectivity index is 1.43. The number of carbonyl (C=O) groups is 1. The average Bonchev–Trinajstić information content (AvgIpc) is 3.24. The van der Waals surface area contributed by atoms with E-state index in [0.717, 1.165) is 38.6 Å². The molecule has 0 spiro atoms. The van der Waals surface area contributed by atoms with E-state index in [9.17, 15) is 4.79 Å². The number of hydrogen-bond donors (Lipinski definition) is 2. The molecule has 2 aromatic rings. The molecule has 0 bridgehead atoms. The van der Waals surface area contributed by atoms with Crippen LogP contribution in [0.2, 0.25) is 0 Å². The van der Waals surface area contributed by atoms with Crippen molar-refractivity contribution < 1.29 is 4.79 Å². The summed E-state index contributed by atoms with van der Waals surface area (Å²) in [5.74, 6) is 0. The standard InChI is InChI=1S/C20H27N3O/c24-20(22-16-7-2-1-3-8-16)23-12-6-9-17(23)13-15-14-21-19-11-5-4-10-18(15)19/h4-5,10-11,14,16-17,21H,1-3,6-9,12-13H2,(H,22,24). The third-order valence-electron chi connectivity index (χ3n) is 5.70. The number of H-pyrrole nitrogens is 1. The molecule has 128 valence electrons. The number of nitrogens with one attached hydrogen (secondary N) is 2. The first-order valence-corrected chi connectivity index (χ1v) is 9.43. The molecule has 1 saturated carbocycles. The van der Waals surface area contributed by atoms with Crippen molar-refractivity contribution in [1.82, 2.24) is 15.2 Å². The fourth-order valence-corrected chi connectivity index (χ4v) is 4.37. The van der Waals surface area contributed by atoms with E-state index in [1.54, 1.807) is 0 Å². The van der Waals surface area contributed by atoms with Crippen molar-refractivity contribution in [2.24, 2.45) is 0 Å². The molecular formula is C20H27N3O. The molecule has 24 heavy (non-hydrogen) atoms. The number of amides is 2. The summed E-state index contributed by atoms with van der Waals surface area (Å²) in [7, 11) is 0. The van der Waals surface area contributed by atoms with Crippen LogP contribution in [0.1, 0.15) is 50.5 Å². The van der Waals surface area contributed by atoms with Crippen LogP contribution in [0.25, 0.3) is 10.9 Å². The van der Waals surface area contributed by atoms with Gasteiger partial charge in [0.2, 0.25) is 0 Å². The van der Waals surface area contributed by atoms with Gasteiger partial charge in [-0.05, 0) is 43.7 Å². The molecule has 1 unspecified atom stereocenters. The van der Waals surface area contributed by atoms with Gasteiger partial charge in [-0.1, -0.05) is 37.5 Å². The number of aromatic nitrogens is 1. The van der Waals surface area contributed by atoms with Gasteiger partial charge in [0.25, 0.3) is 0 Å². The fourth-order valence-electron chi connectivity index (χ4n) is 4.37. The third kappa shape index (κ3) is 3.14. The summed E-state index contributed by atoms with van der Waals surface area (Å²) in [5.41, 5.74) is 2.51. The van der Waals surface area contributed by atoms with Gasteiger partial charge >= 0.3 is 6.03 Å². The summed E-state index contributed by atoms with van der Waals surface area (Å²) in [6.45, 7) is 0.894. The van der Waals surface area contributed by atoms with Crippen molar-refractivity contribution in [3.8, 4) is 0 Å². The second-order valence-corrected chi connectivity index (χ2v) is 7.34. The largest absolute Gasteiger partial charge is 0.361 e. The second-order valence-electron chi connectivity index (χ2n) is 7.34. The number of benzene rings is 1. The van der Waals surface area contributed by atoms with E-state index in [4.69, 9.17) is 0 Å². The lowest BCUT2D eigenvalue weighted by Crippen LogP contribution is -2.47. The number of rotatable bonds is 3. The van der Waals surface area contributed by atoms with Gasteiger partial charge in [-0.15, -0.1) is 0 Å². The van der Waals surface area contributed by atoms with E-state index >= 15 is 0 Å². The van der Waals surface area contributed by atoms with Crippen LogP contribution in [0.15, 0.2) is 30.5 Å². The normalized spacial score (nSPS) is 22.2. The minimum atomic E-state index is 0.157. The van der Waals surface area contributed by atoms with Gasteiger partial charge in [-0.25, -0.2) is 4.79 Å². The molecule has 1 aliphatic carbocycles. The van der Waals surface area contributed by atoms with E-state index in [2.05, 4.69) is 45.7 Å². The molecule has 0 radical (unpaired) electrons. The predicted octanol–water partition coefficient (Wildman–Crippen LogP) is 4.22. The van der Waals surface area contributed by atoms with Gasteiger partial charge in [0.05, 0.1) is 0 Å². The highest BCUT2D eigenvalue weighted by Crippen LogP contribution is 2.26. The van der Waals surface area contributed by atoms with E-state index in [1.807, 2.05) is 0 Å². The zero-order valence-electron chi connectivity index (χ0n) is 14.3. The topological polar surface area (TPSA) is 48.1 Å². The van der Waals surface area contributed by atoms with E-state index in [-0.39, 0.29) is 6.03 Å². The van der Waals surface area contributed by atoms with Crippen LogP contribution < -0.4 is 5.32 Å². The van der Waals surface area contributed by atoms with Gasteiger partial charge in [0, 0.05) is 35.7 Å². The Morgan fingerprint density at radius 3 is 2.83 bits per heavy atom. The zero-order chi connectivity index (χ0) is 16.4. The van der Waals surface area contributed by atoms with E-state index < -0.39 is 0 Å². The Morgan fingerprint density at radius 1 is 1.12 bits per heavy atom. The summed E-state index contributed by atoms with van der Waals surface area (Å²) in [4.78, 5) is 18.2. The summed E-state index contributed by atoms with van der Waals surface area (Å²) in [5, 5.41) is 4.58. The Bertz CT molecular complexity index is 702. The molecule has 1 aliphatic heterocycles. The zero-order valence-corrected chi connectivity index (χ0v) is 14.3. The maximum atomic E-state index is 12.7. The van der Waals surface area contributed by atoms with Gasteiger partial charge in [0.1, 0.15) is 0 Å². The lowest BCUT2D eigenvalue weighted by molar-refractivity contribution is 0.185. The Labute approximate surface area is 143 Å². The second kappa shape index (κ2) is 6.88. The number of likely N-dealkylation sites (tertiary alicyclic amines) is 1. The average molecular weight is 325 g/mol. The number of hydrogen-bond acceptors (Lipinski definition) is 1. The van der Waals surface area contributed by atoms with Crippen LogP contribution in [-0.2, 0) is 6.42 Å². The van der Waals surface area contributed by atoms with Crippen LogP contribution in [0.4, 0.5) is 4.79 Å². The molecular weight excluding hydrogens is 298 g/mol. The van der Waals surface area contributed by atoms with Crippen molar-refractivity contribution in [3.63, 3.8) is 0 Å². The molecule has 2 heterocycles. The molecule has 4 heteroatoms. The minimum Gasteiger partial charge on any atom is -0.361 e. The van der Waals surface area contributed by atoms with Gasteiger partial charge in [-0.2, -0.15) is 0 Å². The van der Waals surface area contributed by atoms with E-state index in [0.29, 0.717) is 12.1 Å². The quantitative estimate of drug-likeness (QED) is 0.872. The molecule has 2 amide bonds. The van der Waals surface area contributed by atoms with Crippen LogP contribution in [0.3, 0.4) is 0 Å². The maximum Gasteiger partial charge on any atom is 0.317 e. The molecule has 1 atom stereocenters. The first-order chi connectivity index (χ1) is 11.8. The molecule has 2 aliphatic rings. The highest BCUT2D eigenvalue weighted by Gasteiger charge is 2.30. The predicted molar refractivity (Wildman–Crippen MR) is 97.1 cm³/mol. The van der Waals surface area contributed by atoms with Crippen molar-refractivity contribution in [2.45, 2.75) is 63.5 Å². The van der Waals surface area contributed by atoms with Crippen LogP contribution in [0.5, 0.6) is 0 Å². The van der Waals surface area contributed by atoms with Crippen LogP contribution in [-0.4, -0.2) is 34.5 Å². The number of urea groups is 1. The molecule has 4 nitrogen and oxygen atoms in total. The number of nitrogens with zero attached hydrogens (tertiary/aromatic N) is 1. The number of aromatic amines is 1. The highest BCUT2D eigenvalue weighted by atomic mass is 16.2. The number of fused-ring (bicyclic) bond motifs is 1. The fraction of sp³-hybridized carbons (Fsp3) is 0.550. The van der Waals surface area contributed by atoms with Crippen molar-refractivity contribution in [3.05, 3.63) is 36.0 Å². The van der Waals surface area contributed by atoms with Crippen LogP contribution >= 0.6 is 0 Å². The molecule has 2 N–H and O–H groups in total. The summed E-state index contributed by atoms with van der Waals surface area (Å²) in [6.07, 6.45) is 11.4. The Kier molecular flexibility index (Phi) is 4.46. The summed E-state index contributed by atoms with van der Waals surface area (Å²) < 4.78 is 0. The number of carbonyl (C=O) groups excluding carboxylic acids is 1. The first-order valence-electron chi connectivity index (χ1n) is 9.43. The first kappa shape index (κ1) is 15.6. The van der Waals surface area contributed by atoms with Crippen molar-refractivity contribution in [2.75, 3.05) is 6.54 Å². The lowest BCUT2D eigenvalue weighted by Gasteiger charge is -2.29. The van der Waals surface area contributed by atoms with Gasteiger partial charge < -0.3 is 15.2 Å². The molecule has 4 rings (SSSR count). The third-order valence-corrected chi connectivity index (χ3v) is 5.70. The number of para-hydroxylation sites is 1. The maximum absolute atomic E-state index is 12.7. The SMILES string of the molecule is O=C(NC1CCCCC1)N1CCCC1Cc1c[nH]c2ccccc12. The Morgan fingerprint density at radius 2 is 1.96 bits per heavy atom.